The van der Waals surface area contributed by atoms with Gasteiger partial charge in [0.1, 0.15) is 18.2 Å². The van der Waals surface area contributed by atoms with E-state index >= 15 is 0 Å². The molecule has 0 radical (unpaired) electrons. The molecule has 1 unspecified atom stereocenters. The molecular formula is C25H28N6O2Si. The van der Waals surface area contributed by atoms with Gasteiger partial charge in [-0.2, -0.15) is 10.4 Å². The lowest BCUT2D eigenvalue weighted by Gasteiger charge is -2.16. The molecule has 3 heterocycles. The molecule has 9 heteroatoms. The highest BCUT2D eigenvalue weighted by Crippen LogP contribution is 2.35. The number of anilines is 1. The molecule has 1 aliphatic rings. The molecule has 0 amide bonds. The minimum Gasteiger partial charge on any atom is -0.442 e. The number of fused-ring (bicyclic) bond motifs is 2. The van der Waals surface area contributed by atoms with E-state index in [0.29, 0.717) is 18.1 Å². The minimum atomic E-state index is -1.16. The highest BCUT2D eigenvalue weighted by molar-refractivity contribution is 6.76. The van der Waals surface area contributed by atoms with Crippen LogP contribution in [0.15, 0.2) is 47.5 Å². The fourth-order valence-electron chi connectivity index (χ4n) is 4.31. The molecule has 5 rings (SSSR count). The van der Waals surface area contributed by atoms with Gasteiger partial charge in [-0.25, -0.2) is 14.6 Å². The predicted molar refractivity (Wildman–Crippen MR) is 133 cm³/mol. The maximum atomic E-state index is 9.18. The van der Waals surface area contributed by atoms with Gasteiger partial charge in [0.15, 0.2) is 12.2 Å². The van der Waals surface area contributed by atoms with Crippen LogP contribution in [0.5, 0.6) is 0 Å². The van der Waals surface area contributed by atoms with Gasteiger partial charge in [-0.15, -0.1) is 0 Å². The monoisotopic (exact) mass is 472 g/mol. The summed E-state index contributed by atoms with van der Waals surface area (Å²) >= 11 is 0. The van der Waals surface area contributed by atoms with Crippen molar-refractivity contribution >= 4 is 24.8 Å². The zero-order valence-electron chi connectivity index (χ0n) is 19.7. The van der Waals surface area contributed by atoms with Crippen molar-refractivity contribution in [2.24, 2.45) is 0 Å². The van der Waals surface area contributed by atoms with Crippen molar-refractivity contribution in [1.29, 1.82) is 5.26 Å². The van der Waals surface area contributed by atoms with Gasteiger partial charge in [0.25, 0.3) is 0 Å². The number of aromatic nitrogens is 4. The highest BCUT2D eigenvalue weighted by atomic mass is 28.3. The summed E-state index contributed by atoms with van der Waals surface area (Å²) in [5.74, 6) is 1.38. The van der Waals surface area contributed by atoms with E-state index in [1.807, 2.05) is 35.1 Å². The van der Waals surface area contributed by atoms with Gasteiger partial charge in [-0.05, 0) is 48.2 Å². The summed E-state index contributed by atoms with van der Waals surface area (Å²) in [5, 5.41) is 18.4. The Morgan fingerprint density at radius 1 is 1.26 bits per heavy atom. The summed E-state index contributed by atoms with van der Waals surface area (Å²) in [5.41, 5.74) is 4.76. The standard InChI is InChI=1S/C25H28N6O2Si/c1-34(2,3)9-8-32-16-31-22-13-28-24(11-20(22)25(30-31)23-14-27-15-33-23)29-21-7-5-18-10-17(12-26)4-6-19(18)21/h4,6,10-11,13-15,21H,5,7-9,16H2,1-3H3,(H,28,29). The van der Waals surface area contributed by atoms with Crippen molar-refractivity contribution in [3.05, 3.63) is 59.7 Å². The molecule has 174 valence electrons. The summed E-state index contributed by atoms with van der Waals surface area (Å²) in [4.78, 5) is 8.75. The first-order chi connectivity index (χ1) is 16.4. The molecule has 1 atom stereocenters. The second kappa shape index (κ2) is 9.04. The van der Waals surface area contributed by atoms with Crippen LogP contribution in [0.4, 0.5) is 5.82 Å². The lowest BCUT2D eigenvalue weighted by Crippen LogP contribution is -2.22. The Hall–Kier alpha value is -3.48. The van der Waals surface area contributed by atoms with Gasteiger partial charge in [0, 0.05) is 20.1 Å². The van der Waals surface area contributed by atoms with Crippen molar-refractivity contribution in [1.82, 2.24) is 19.7 Å². The molecule has 4 aromatic rings. The second-order valence-corrected chi connectivity index (χ2v) is 15.5. The predicted octanol–water partition coefficient (Wildman–Crippen LogP) is 5.37. The molecule has 3 aromatic heterocycles. The van der Waals surface area contributed by atoms with Crippen LogP contribution in [0.1, 0.15) is 29.2 Å². The molecule has 0 saturated carbocycles. The van der Waals surface area contributed by atoms with Crippen molar-refractivity contribution in [2.45, 2.75) is 51.3 Å². The number of hydrogen-bond acceptors (Lipinski definition) is 7. The lowest BCUT2D eigenvalue weighted by molar-refractivity contribution is 0.0818. The average molecular weight is 473 g/mol. The number of oxazole rings is 1. The fraction of sp³-hybridized carbons (Fsp3) is 0.360. The number of benzene rings is 1. The first-order valence-electron chi connectivity index (χ1n) is 11.5. The Balaban J connectivity index is 1.41. The van der Waals surface area contributed by atoms with E-state index in [1.54, 1.807) is 6.20 Å². The number of nitriles is 1. The smallest absolute Gasteiger partial charge is 0.181 e. The summed E-state index contributed by atoms with van der Waals surface area (Å²) in [6, 6.07) is 11.4. The lowest BCUT2D eigenvalue weighted by atomic mass is 10.1. The summed E-state index contributed by atoms with van der Waals surface area (Å²) in [7, 11) is -1.16. The number of ether oxygens (including phenoxy) is 1. The van der Waals surface area contributed by atoms with Gasteiger partial charge in [0.2, 0.25) is 0 Å². The van der Waals surface area contributed by atoms with E-state index in [0.717, 1.165) is 47.9 Å². The van der Waals surface area contributed by atoms with Crippen molar-refractivity contribution in [3.63, 3.8) is 0 Å². The largest absolute Gasteiger partial charge is 0.442 e. The van der Waals surface area contributed by atoms with Crippen LogP contribution in [0.25, 0.3) is 22.4 Å². The molecule has 1 aromatic carbocycles. The van der Waals surface area contributed by atoms with Crippen LogP contribution in [-0.2, 0) is 17.9 Å². The van der Waals surface area contributed by atoms with Gasteiger partial charge in [-0.3, -0.25) is 0 Å². The quantitative estimate of drug-likeness (QED) is 0.272. The average Bonchev–Trinajstić information content (AvgIpc) is 3.55. The normalized spacial score (nSPS) is 15.4. The van der Waals surface area contributed by atoms with E-state index in [9.17, 15) is 5.26 Å². The van der Waals surface area contributed by atoms with Gasteiger partial charge in [0.05, 0.1) is 35.6 Å². The second-order valence-electron chi connectivity index (χ2n) is 9.91. The molecule has 0 fully saturated rings. The number of pyridine rings is 1. The van der Waals surface area contributed by atoms with Crippen LogP contribution >= 0.6 is 0 Å². The first-order valence-corrected chi connectivity index (χ1v) is 15.2. The van der Waals surface area contributed by atoms with Crippen LogP contribution < -0.4 is 5.32 Å². The molecule has 8 nitrogen and oxygen atoms in total. The molecule has 0 bridgehead atoms. The van der Waals surface area contributed by atoms with Crippen molar-refractivity contribution in [2.75, 3.05) is 11.9 Å². The third-order valence-electron chi connectivity index (χ3n) is 6.18. The number of rotatable bonds is 8. The fourth-order valence-corrected chi connectivity index (χ4v) is 5.07. The Labute approximate surface area is 199 Å². The van der Waals surface area contributed by atoms with Crippen LogP contribution in [0.2, 0.25) is 25.7 Å². The zero-order chi connectivity index (χ0) is 23.7. The van der Waals surface area contributed by atoms with E-state index in [1.165, 1.54) is 17.5 Å². The Bertz CT molecular complexity index is 1350. The van der Waals surface area contributed by atoms with E-state index in [2.05, 4.69) is 41.0 Å². The maximum absolute atomic E-state index is 9.18. The minimum absolute atomic E-state index is 0.154. The molecule has 1 N–H and O–H groups in total. The van der Waals surface area contributed by atoms with Crippen LogP contribution in [0, 0.1) is 11.3 Å². The number of nitrogens with one attached hydrogen (secondary N) is 1. The zero-order valence-corrected chi connectivity index (χ0v) is 20.7. The van der Waals surface area contributed by atoms with Crippen molar-refractivity contribution < 1.29 is 9.15 Å². The third-order valence-corrected chi connectivity index (χ3v) is 7.89. The maximum Gasteiger partial charge on any atom is 0.181 e. The van der Waals surface area contributed by atoms with E-state index < -0.39 is 8.07 Å². The van der Waals surface area contributed by atoms with Gasteiger partial charge >= 0.3 is 0 Å². The molecule has 1 aliphatic carbocycles. The van der Waals surface area contributed by atoms with Crippen LogP contribution in [0.3, 0.4) is 0 Å². The number of hydrogen-bond donors (Lipinski definition) is 1. The first kappa shape index (κ1) is 22.3. The third kappa shape index (κ3) is 4.60. The Morgan fingerprint density at radius 2 is 2.15 bits per heavy atom. The van der Waals surface area contributed by atoms with Gasteiger partial charge in [-0.1, -0.05) is 25.7 Å². The van der Waals surface area contributed by atoms with E-state index in [4.69, 9.17) is 14.3 Å². The molecule has 0 saturated heterocycles. The van der Waals surface area contributed by atoms with Crippen molar-refractivity contribution in [3.8, 4) is 17.5 Å². The summed E-state index contributed by atoms with van der Waals surface area (Å²) < 4.78 is 13.4. The molecule has 0 spiro atoms. The molecular weight excluding hydrogens is 444 g/mol. The Morgan fingerprint density at radius 3 is 2.91 bits per heavy atom. The summed E-state index contributed by atoms with van der Waals surface area (Å²) in [6.07, 6.45) is 6.83. The Kier molecular flexibility index (Phi) is 5.94. The summed E-state index contributed by atoms with van der Waals surface area (Å²) in [6.45, 7) is 8.10. The SMILES string of the molecule is C[Si](C)(C)CCOCn1nc(-c2cnco2)c2cc(NC3CCc4cc(C#N)ccc43)ncc21. The van der Waals surface area contributed by atoms with E-state index in [-0.39, 0.29) is 6.04 Å². The highest BCUT2D eigenvalue weighted by Gasteiger charge is 2.24. The molecule has 34 heavy (non-hydrogen) atoms. The van der Waals surface area contributed by atoms with Gasteiger partial charge < -0.3 is 14.5 Å². The number of nitrogens with zero attached hydrogens (tertiary/aromatic N) is 5. The van der Waals surface area contributed by atoms with Crippen LogP contribution in [-0.4, -0.2) is 34.4 Å². The topological polar surface area (TPSA) is 102 Å². The molecule has 0 aliphatic heterocycles. The number of aryl methyl sites for hydroxylation is 1.